The molecule has 0 bridgehead atoms. The maximum absolute atomic E-state index is 13.0. The van der Waals surface area contributed by atoms with Gasteiger partial charge in [-0.2, -0.15) is 4.68 Å². The lowest BCUT2D eigenvalue weighted by atomic mass is 9.96. The number of hydrogen-bond donors (Lipinski definition) is 1. The molecule has 8 heteroatoms. The summed E-state index contributed by atoms with van der Waals surface area (Å²) in [7, 11) is 0. The van der Waals surface area contributed by atoms with E-state index in [-0.39, 0.29) is 6.61 Å². The topological polar surface area (TPSA) is 81.9 Å². The number of allylic oxidation sites excluding steroid dienone is 1. The van der Waals surface area contributed by atoms with Crippen molar-refractivity contribution in [3.05, 3.63) is 81.5 Å². The zero-order valence-corrected chi connectivity index (χ0v) is 16.0. The van der Waals surface area contributed by atoms with Crippen LogP contribution in [0.3, 0.4) is 0 Å². The number of fused-ring (bicyclic) bond motifs is 1. The molecule has 0 amide bonds. The number of benzene rings is 2. The smallest absolute Gasteiger partial charge is 0.338 e. The molecular weight excluding hydrogens is 410 g/mol. The molecular formula is C19H16BrN5O2. The molecule has 0 radical (unpaired) electrons. The third-order valence-corrected chi connectivity index (χ3v) is 4.86. The zero-order chi connectivity index (χ0) is 18.8. The third-order valence-electron chi connectivity index (χ3n) is 4.33. The van der Waals surface area contributed by atoms with Crippen molar-refractivity contribution in [2.45, 2.75) is 19.6 Å². The number of tetrazole rings is 1. The molecule has 0 saturated carbocycles. The molecule has 3 aromatic rings. The van der Waals surface area contributed by atoms with Crippen molar-refractivity contribution in [1.29, 1.82) is 0 Å². The van der Waals surface area contributed by atoms with Crippen LogP contribution >= 0.6 is 15.9 Å². The molecule has 2 heterocycles. The molecule has 1 aliphatic heterocycles. The van der Waals surface area contributed by atoms with Crippen molar-refractivity contribution in [1.82, 2.24) is 20.2 Å². The molecule has 1 N–H and O–H groups in total. The Labute approximate surface area is 164 Å². The Balaban J connectivity index is 1.67. The van der Waals surface area contributed by atoms with E-state index >= 15 is 0 Å². The van der Waals surface area contributed by atoms with Crippen molar-refractivity contribution in [2.75, 3.05) is 5.32 Å². The van der Waals surface area contributed by atoms with E-state index in [1.54, 1.807) is 4.68 Å². The number of rotatable bonds is 4. The average Bonchev–Trinajstić information content (AvgIpc) is 3.14. The molecule has 136 valence electrons. The van der Waals surface area contributed by atoms with Crippen LogP contribution < -0.4 is 5.32 Å². The highest BCUT2D eigenvalue weighted by Gasteiger charge is 2.34. The third kappa shape index (κ3) is 3.48. The van der Waals surface area contributed by atoms with Gasteiger partial charge in [-0.25, -0.2) is 4.79 Å². The van der Waals surface area contributed by atoms with Crippen LogP contribution in [0.5, 0.6) is 0 Å². The first-order valence-electron chi connectivity index (χ1n) is 8.35. The van der Waals surface area contributed by atoms with Gasteiger partial charge in [0.1, 0.15) is 12.6 Å². The van der Waals surface area contributed by atoms with Crippen LogP contribution in [0, 0.1) is 0 Å². The number of aromatic nitrogens is 4. The summed E-state index contributed by atoms with van der Waals surface area (Å²) in [4.78, 5) is 13.0. The Kier molecular flexibility index (Phi) is 4.72. The SMILES string of the molecule is CC1=C(C(=O)OCc2ccccc2)C(c2ccc(Br)cc2)n2nnnc2N1. The van der Waals surface area contributed by atoms with E-state index < -0.39 is 12.0 Å². The summed E-state index contributed by atoms with van der Waals surface area (Å²) in [6.45, 7) is 2.02. The fourth-order valence-corrected chi connectivity index (χ4v) is 3.30. The van der Waals surface area contributed by atoms with Crippen molar-refractivity contribution < 1.29 is 9.53 Å². The Morgan fingerprint density at radius 2 is 1.93 bits per heavy atom. The molecule has 1 unspecified atom stereocenters. The first-order valence-corrected chi connectivity index (χ1v) is 9.15. The standard InChI is InChI=1S/C19H16BrN5O2/c1-12-16(18(26)27-11-13-5-3-2-4-6-13)17(14-7-9-15(20)10-8-14)25-19(21-12)22-23-24-25/h2-10,17H,11H2,1H3,(H,21,22,24). The molecule has 0 saturated heterocycles. The number of carbonyl (C=O) groups is 1. The van der Waals surface area contributed by atoms with Crippen LogP contribution in [0.15, 0.2) is 70.3 Å². The Bertz CT molecular complexity index is 998. The second kappa shape index (κ2) is 7.32. The number of carbonyl (C=O) groups excluding carboxylic acids is 1. The second-order valence-corrected chi connectivity index (χ2v) is 7.04. The Morgan fingerprint density at radius 1 is 1.19 bits per heavy atom. The molecule has 0 aliphatic carbocycles. The molecule has 0 fully saturated rings. The lowest BCUT2D eigenvalue weighted by Crippen LogP contribution is -2.29. The van der Waals surface area contributed by atoms with Crippen LogP contribution in [0.1, 0.15) is 24.1 Å². The second-order valence-electron chi connectivity index (χ2n) is 6.13. The van der Waals surface area contributed by atoms with E-state index in [4.69, 9.17) is 4.74 Å². The van der Waals surface area contributed by atoms with Crippen LogP contribution in [0.2, 0.25) is 0 Å². The molecule has 1 aromatic heterocycles. The van der Waals surface area contributed by atoms with Gasteiger partial charge >= 0.3 is 5.97 Å². The van der Waals surface area contributed by atoms with Gasteiger partial charge < -0.3 is 10.1 Å². The quantitative estimate of drug-likeness (QED) is 0.644. The highest BCUT2D eigenvalue weighted by Crippen LogP contribution is 2.35. The van der Waals surface area contributed by atoms with Gasteiger partial charge in [-0.15, -0.1) is 0 Å². The normalized spacial score (nSPS) is 15.9. The van der Waals surface area contributed by atoms with E-state index in [9.17, 15) is 4.79 Å². The van der Waals surface area contributed by atoms with E-state index in [0.29, 0.717) is 17.2 Å². The lowest BCUT2D eigenvalue weighted by Gasteiger charge is -2.27. The van der Waals surface area contributed by atoms with Gasteiger partial charge in [-0.1, -0.05) is 63.5 Å². The van der Waals surface area contributed by atoms with Gasteiger partial charge in [-0.3, -0.25) is 0 Å². The maximum Gasteiger partial charge on any atom is 0.338 e. The number of nitrogens with zero attached hydrogens (tertiary/aromatic N) is 4. The highest BCUT2D eigenvalue weighted by atomic mass is 79.9. The monoisotopic (exact) mass is 425 g/mol. The number of halogens is 1. The zero-order valence-electron chi connectivity index (χ0n) is 14.5. The molecule has 7 nitrogen and oxygen atoms in total. The van der Waals surface area contributed by atoms with Gasteiger partial charge in [0.05, 0.1) is 5.57 Å². The summed E-state index contributed by atoms with van der Waals surface area (Å²) in [5.74, 6) is 0.0814. The predicted molar refractivity (Wildman–Crippen MR) is 103 cm³/mol. The van der Waals surface area contributed by atoms with Gasteiger partial charge in [0, 0.05) is 10.2 Å². The van der Waals surface area contributed by atoms with Crippen LogP contribution in [0.4, 0.5) is 5.95 Å². The number of nitrogens with one attached hydrogen (secondary N) is 1. The predicted octanol–water partition coefficient (Wildman–Crippen LogP) is 3.47. The summed E-state index contributed by atoms with van der Waals surface area (Å²) in [6.07, 6.45) is 0. The highest BCUT2D eigenvalue weighted by molar-refractivity contribution is 9.10. The summed E-state index contributed by atoms with van der Waals surface area (Å²) in [6, 6.07) is 16.8. The lowest BCUT2D eigenvalue weighted by molar-refractivity contribution is -0.140. The molecule has 2 aromatic carbocycles. The van der Waals surface area contributed by atoms with Crippen molar-refractivity contribution in [3.63, 3.8) is 0 Å². The van der Waals surface area contributed by atoms with Gasteiger partial charge in [0.2, 0.25) is 5.95 Å². The number of anilines is 1. The summed E-state index contributed by atoms with van der Waals surface area (Å²) in [5, 5.41) is 14.9. The van der Waals surface area contributed by atoms with Gasteiger partial charge in [-0.05, 0) is 40.6 Å². The molecule has 27 heavy (non-hydrogen) atoms. The van der Waals surface area contributed by atoms with Crippen LogP contribution in [-0.2, 0) is 16.1 Å². The van der Waals surface area contributed by atoms with Crippen molar-refractivity contribution in [3.8, 4) is 0 Å². The molecule has 1 aliphatic rings. The van der Waals surface area contributed by atoms with Crippen molar-refractivity contribution >= 4 is 27.8 Å². The van der Waals surface area contributed by atoms with Crippen LogP contribution in [-0.4, -0.2) is 26.2 Å². The number of ether oxygens (including phenoxy) is 1. The minimum Gasteiger partial charge on any atom is -0.457 e. The largest absolute Gasteiger partial charge is 0.457 e. The Morgan fingerprint density at radius 3 is 2.67 bits per heavy atom. The molecule has 4 rings (SSSR count). The number of hydrogen-bond acceptors (Lipinski definition) is 6. The first-order chi connectivity index (χ1) is 13.1. The Hall–Kier alpha value is -3.00. The molecule has 1 atom stereocenters. The van der Waals surface area contributed by atoms with E-state index in [1.807, 2.05) is 61.5 Å². The molecule has 0 spiro atoms. The fraction of sp³-hybridized carbons (Fsp3) is 0.158. The summed E-state index contributed by atoms with van der Waals surface area (Å²) in [5.41, 5.74) is 2.96. The van der Waals surface area contributed by atoms with Gasteiger partial charge in [0.25, 0.3) is 0 Å². The number of esters is 1. The van der Waals surface area contributed by atoms with Gasteiger partial charge in [0.15, 0.2) is 0 Å². The fourth-order valence-electron chi connectivity index (χ4n) is 3.03. The van der Waals surface area contributed by atoms with E-state index in [1.165, 1.54) is 0 Å². The van der Waals surface area contributed by atoms with Crippen molar-refractivity contribution in [2.24, 2.45) is 0 Å². The minimum absolute atomic E-state index is 0.200. The first kappa shape index (κ1) is 17.4. The van der Waals surface area contributed by atoms with E-state index in [0.717, 1.165) is 15.6 Å². The summed E-state index contributed by atoms with van der Waals surface area (Å²) >= 11 is 3.44. The summed E-state index contributed by atoms with van der Waals surface area (Å²) < 4.78 is 8.12. The minimum atomic E-state index is -0.465. The average molecular weight is 426 g/mol. The van der Waals surface area contributed by atoms with E-state index in [2.05, 4.69) is 36.8 Å². The van der Waals surface area contributed by atoms with Crippen LogP contribution in [0.25, 0.3) is 0 Å². The maximum atomic E-state index is 13.0.